The summed E-state index contributed by atoms with van der Waals surface area (Å²) in [7, 11) is 2.02. The van der Waals surface area contributed by atoms with Gasteiger partial charge < -0.3 is 5.32 Å². The van der Waals surface area contributed by atoms with Crippen LogP contribution in [0, 0.1) is 11.8 Å². The van der Waals surface area contributed by atoms with Crippen LogP contribution in [-0.4, -0.2) is 18.6 Å². The van der Waals surface area contributed by atoms with Crippen molar-refractivity contribution in [1.29, 1.82) is 0 Å². The van der Waals surface area contributed by atoms with Crippen molar-refractivity contribution in [2.45, 2.75) is 26.7 Å². The molecule has 1 rings (SSSR count). The van der Waals surface area contributed by atoms with Crippen molar-refractivity contribution in [3.63, 3.8) is 0 Å². The highest BCUT2D eigenvalue weighted by Gasteiger charge is 2.11. The molecule has 0 bridgehead atoms. The van der Waals surface area contributed by atoms with Crippen LogP contribution in [0.3, 0.4) is 0 Å². The van der Waals surface area contributed by atoms with Crippen molar-refractivity contribution in [3.8, 4) is 0 Å². The molecule has 1 N–H and O–H groups in total. The first-order valence-corrected chi connectivity index (χ1v) is 6.18. The smallest absolute Gasteiger partial charge is 0.0794 e. The Morgan fingerprint density at radius 3 is 2.79 bits per heavy atom. The zero-order valence-corrected chi connectivity index (χ0v) is 10.1. The van der Waals surface area contributed by atoms with E-state index in [1.807, 2.05) is 12.6 Å². The second-order valence-electron chi connectivity index (χ2n) is 4.24. The van der Waals surface area contributed by atoms with Crippen molar-refractivity contribution in [1.82, 2.24) is 10.3 Å². The maximum absolute atomic E-state index is 4.34. The van der Waals surface area contributed by atoms with E-state index in [9.17, 15) is 0 Å². The Morgan fingerprint density at radius 2 is 2.29 bits per heavy atom. The van der Waals surface area contributed by atoms with Gasteiger partial charge in [-0.2, -0.15) is 0 Å². The van der Waals surface area contributed by atoms with Crippen molar-refractivity contribution in [3.05, 3.63) is 16.6 Å². The summed E-state index contributed by atoms with van der Waals surface area (Å²) in [5.74, 6) is 1.49. The van der Waals surface area contributed by atoms with Gasteiger partial charge in [0.2, 0.25) is 0 Å². The molecule has 1 aromatic heterocycles. The molecule has 2 nitrogen and oxygen atoms in total. The first-order valence-electron chi connectivity index (χ1n) is 5.24. The third-order valence-corrected chi connectivity index (χ3v) is 2.91. The summed E-state index contributed by atoms with van der Waals surface area (Å²) in [6.07, 6.45) is 2.39. The lowest BCUT2D eigenvalue weighted by molar-refractivity contribution is 0.393. The van der Waals surface area contributed by atoms with Gasteiger partial charge in [0.15, 0.2) is 0 Å². The van der Waals surface area contributed by atoms with Crippen molar-refractivity contribution in [2.24, 2.45) is 11.8 Å². The van der Waals surface area contributed by atoms with E-state index in [0.717, 1.165) is 24.8 Å². The van der Waals surface area contributed by atoms with Gasteiger partial charge in [0.1, 0.15) is 0 Å². The lowest BCUT2D eigenvalue weighted by atomic mass is 9.93. The average Bonchev–Trinajstić information content (AvgIpc) is 2.56. The molecule has 0 fully saturated rings. The number of hydrogen-bond donors (Lipinski definition) is 1. The highest BCUT2D eigenvalue weighted by Crippen LogP contribution is 2.16. The average molecular weight is 212 g/mol. The normalized spacial score (nSPS) is 13.4. The molecule has 0 aliphatic heterocycles. The van der Waals surface area contributed by atoms with Crippen molar-refractivity contribution >= 4 is 11.3 Å². The quantitative estimate of drug-likeness (QED) is 0.784. The predicted molar refractivity (Wildman–Crippen MR) is 62.7 cm³/mol. The van der Waals surface area contributed by atoms with Crippen LogP contribution in [0.15, 0.2) is 10.9 Å². The fraction of sp³-hybridized carbons (Fsp3) is 0.727. The molecule has 0 radical (unpaired) electrons. The number of thiazole rings is 1. The van der Waals surface area contributed by atoms with Gasteiger partial charge in [-0.25, -0.2) is 4.98 Å². The Bertz CT molecular complexity index is 231. The maximum Gasteiger partial charge on any atom is 0.0794 e. The van der Waals surface area contributed by atoms with Gasteiger partial charge in [0, 0.05) is 5.38 Å². The van der Waals surface area contributed by atoms with E-state index >= 15 is 0 Å². The van der Waals surface area contributed by atoms with Gasteiger partial charge in [0.25, 0.3) is 0 Å². The molecule has 3 heteroatoms. The van der Waals surface area contributed by atoms with Crippen LogP contribution >= 0.6 is 11.3 Å². The van der Waals surface area contributed by atoms with Crippen LogP contribution < -0.4 is 5.32 Å². The lowest BCUT2D eigenvalue weighted by Crippen LogP contribution is -2.22. The molecule has 1 aromatic rings. The van der Waals surface area contributed by atoms with Gasteiger partial charge in [-0.15, -0.1) is 11.3 Å². The Kier molecular flexibility index (Phi) is 5.12. The minimum atomic E-state index is 0.724. The zero-order valence-electron chi connectivity index (χ0n) is 9.29. The third-order valence-electron chi connectivity index (χ3n) is 2.28. The summed E-state index contributed by atoms with van der Waals surface area (Å²) in [5.41, 5.74) is 3.16. The largest absolute Gasteiger partial charge is 0.319 e. The van der Waals surface area contributed by atoms with Crippen molar-refractivity contribution in [2.75, 3.05) is 13.6 Å². The summed E-state index contributed by atoms with van der Waals surface area (Å²) in [5, 5.41) is 5.42. The number of aromatic nitrogens is 1. The molecule has 0 aliphatic carbocycles. The van der Waals surface area contributed by atoms with Crippen LogP contribution in [0.1, 0.15) is 26.0 Å². The summed E-state index contributed by atoms with van der Waals surface area (Å²) in [6, 6.07) is 0. The number of hydrogen-bond acceptors (Lipinski definition) is 3. The molecular weight excluding hydrogens is 192 g/mol. The maximum atomic E-state index is 4.34. The molecule has 1 atom stereocenters. The summed E-state index contributed by atoms with van der Waals surface area (Å²) in [6.45, 7) is 5.66. The lowest BCUT2D eigenvalue weighted by Gasteiger charge is -2.17. The Labute approximate surface area is 90.8 Å². The van der Waals surface area contributed by atoms with Crippen LogP contribution in [-0.2, 0) is 6.42 Å². The predicted octanol–water partition coefficient (Wildman–Crippen LogP) is 2.57. The first-order chi connectivity index (χ1) is 6.72. The number of nitrogens with one attached hydrogen (secondary N) is 1. The van der Waals surface area contributed by atoms with Gasteiger partial charge >= 0.3 is 0 Å². The molecule has 0 aromatic carbocycles. The summed E-state index contributed by atoms with van der Waals surface area (Å²) >= 11 is 1.69. The summed E-state index contributed by atoms with van der Waals surface area (Å²) < 4.78 is 0. The molecular formula is C11H20N2S. The van der Waals surface area contributed by atoms with E-state index in [2.05, 4.69) is 29.5 Å². The molecule has 0 saturated carbocycles. The minimum absolute atomic E-state index is 0.724. The van der Waals surface area contributed by atoms with Crippen molar-refractivity contribution < 1.29 is 0 Å². The number of rotatable bonds is 6. The highest BCUT2D eigenvalue weighted by atomic mass is 32.1. The molecule has 1 heterocycles. The van der Waals surface area contributed by atoms with Crippen LogP contribution in [0.5, 0.6) is 0 Å². The van der Waals surface area contributed by atoms with Gasteiger partial charge in [-0.3, -0.25) is 0 Å². The molecule has 1 unspecified atom stereocenters. The van der Waals surface area contributed by atoms with Crippen LogP contribution in [0.2, 0.25) is 0 Å². The van der Waals surface area contributed by atoms with Gasteiger partial charge in [-0.1, -0.05) is 13.8 Å². The monoisotopic (exact) mass is 212 g/mol. The van der Waals surface area contributed by atoms with Crippen LogP contribution in [0.4, 0.5) is 0 Å². The second-order valence-corrected chi connectivity index (χ2v) is 4.96. The molecule has 0 aliphatic rings. The van der Waals surface area contributed by atoms with E-state index in [1.54, 1.807) is 11.3 Å². The van der Waals surface area contributed by atoms with Crippen LogP contribution in [0.25, 0.3) is 0 Å². The van der Waals surface area contributed by atoms with E-state index < -0.39 is 0 Å². The summed E-state index contributed by atoms with van der Waals surface area (Å²) in [4.78, 5) is 4.34. The molecule has 80 valence electrons. The van der Waals surface area contributed by atoms with Gasteiger partial charge in [0.05, 0.1) is 11.2 Å². The Morgan fingerprint density at radius 1 is 1.50 bits per heavy atom. The molecule has 0 spiro atoms. The topological polar surface area (TPSA) is 24.9 Å². The Balaban J connectivity index is 2.42. The van der Waals surface area contributed by atoms with E-state index in [4.69, 9.17) is 0 Å². The Hall–Kier alpha value is -0.410. The third kappa shape index (κ3) is 4.20. The zero-order chi connectivity index (χ0) is 10.4. The fourth-order valence-corrected chi connectivity index (χ4v) is 2.40. The molecule has 0 amide bonds. The minimum Gasteiger partial charge on any atom is -0.319 e. The highest BCUT2D eigenvalue weighted by molar-refractivity contribution is 7.07. The second kappa shape index (κ2) is 6.14. The first kappa shape index (κ1) is 11.7. The molecule has 0 saturated heterocycles. The van der Waals surface area contributed by atoms with E-state index in [-0.39, 0.29) is 0 Å². The SMILES string of the molecule is CNCC(Cc1cscn1)CC(C)C. The molecule has 14 heavy (non-hydrogen) atoms. The fourth-order valence-electron chi connectivity index (χ4n) is 1.83. The van der Waals surface area contributed by atoms with E-state index in [1.165, 1.54) is 12.1 Å². The standard InChI is InChI=1S/C11H20N2S/c1-9(2)4-10(6-12-3)5-11-7-14-8-13-11/h7-10,12H,4-6H2,1-3H3. The van der Waals surface area contributed by atoms with Gasteiger partial charge in [-0.05, 0) is 38.3 Å². The number of nitrogens with zero attached hydrogens (tertiary/aromatic N) is 1. The van der Waals surface area contributed by atoms with E-state index in [0.29, 0.717) is 0 Å².